The lowest BCUT2D eigenvalue weighted by atomic mass is 10.2. The molecule has 3 heterocycles. The van der Waals surface area contributed by atoms with E-state index in [1.54, 1.807) is 0 Å². The van der Waals surface area contributed by atoms with Gasteiger partial charge in [0.2, 0.25) is 0 Å². The topological polar surface area (TPSA) is 45.5 Å². The number of rotatable bonds is 2. The van der Waals surface area contributed by atoms with Crippen molar-refractivity contribution in [1.29, 1.82) is 0 Å². The zero-order chi connectivity index (χ0) is 12.5. The first-order valence-corrected chi connectivity index (χ1v) is 6.56. The molecule has 0 spiro atoms. The summed E-state index contributed by atoms with van der Waals surface area (Å²) < 4.78 is 1.86. The van der Waals surface area contributed by atoms with Gasteiger partial charge in [-0.3, -0.25) is 0 Å². The van der Waals surface area contributed by atoms with Crippen LogP contribution in [0.4, 0.5) is 5.69 Å². The molecule has 5 nitrogen and oxygen atoms in total. The minimum Gasteiger partial charge on any atom is -0.369 e. The summed E-state index contributed by atoms with van der Waals surface area (Å²) in [7, 11) is 0. The lowest BCUT2D eigenvalue weighted by Crippen LogP contribution is -2.43. The summed E-state index contributed by atoms with van der Waals surface area (Å²) in [6.45, 7) is 8.45. The van der Waals surface area contributed by atoms with Gasteiger partial charge in [0.15, 0.2) is 11.5 Å². The number of nitrogens with zero attached hydrogens (tertiary/aromatic N) is 4. The molecule has 0 unspecified atom stereocenters. The van der Waals surface area contributed by atoms with Gasteiger partial charge in [0, 0.05) is 50.0 Å². The smallest absolute Gasteiger partial charge is 0.157 e. The van der Waals surface area contributed by atoms with Crippen molar-refractivity contribution in [2.24, 2.45) is 0 Å². The number of hydrogen-bond donors (Lipinski definition) is 1. The van der Waals surface area contributed by atoms with Gasteiger partial charge in [-0.25, -0.2) is 9.50 Å². The van der Waals surface area contributed by atoms with Gasteiger partial charge in [-0.1, -0.05) is 13.8 Å². The maximum Gasteiger partial charge on any atom is 0.157 e. The Kier molecular flexibility index (Phi) is 2.91. The van der Waals surface area contributed by atoms with Gasteiger partial charge >= 0.3 is 0 Å². The molecular formula is C13H19N5. The van der Waals surface area contributed by atoms with E-state index in [1.165, 1.54) is 5.69 Å². The molecule has 5 heteroatoms. The Balaban J connectivity index is 1.94. The van der Waals surface area contributed by atoms with Crippen LogP contribution in [0, 0.1) is 0 Å². The average molecular weight is 245 g/mol. The largest absolute Gasteiger partial charge is 0.369 e. The first-order valence-electron chi connectivity index (χ1n) is 6.56. The summed E-state index contributed by atoms with van der Waals surface area (Å²) in [5, 5.41) is 7.84. The highest BCUT2D eigenvalue weighted by Crippen LogP contribution is 2.18. The van der Waals surface area contributed by atoms with E-state index in [4.69, 9.17) is 0 Å². The molecule has 0 atom stereocenters. The van der Waals surface area contributed by atoms with Crippen LogP contribution >= 0.6 is 0 Å². The highest BCUT2D eigenvalue weighted by molar-refractivity contribution is 5.56. The third-order valence-electron chi connectivity index (χ3n) is 3.34. The number of nitrogens with one attached hydrogen (secondary N) is 1. The van der Waals surface area contributed by atoms with Crippen LogP contribution in [-0.4, -0.2) is 40.8 Å². The summed E-state index contributed by atoms with van der Waals surface area (Å²) in [6, 6.07) is 4.25. The van der Waals surface area contributed by atoms with Gasteiger partial charge in [0.05, 0.1) is 0 Å². The minimum atomic E-state index is 0.368. The van der Waals surface area contributed by atoms with Crippen LogP contribution in [0.1, 0.15) is 25.6 Å². The number of hydrogen-bond acceptors (Lipinski definition) is 4. The third kappa shape index (κ3) is 2.06. The normalized spacial score (nSPS) is 16.7. The number of pyridine rings is 1. The highest BCUT2D eigenvalue weighted by Gasteiger charge is 2.12. The fraction of sp³-hybridized carbons (Fsp3) is 0.538. The summed E-state index contributed by atoms with van der Waals surface area (Å²) in [6.07, 6.45) is 2.01. The number of fused-ring (bicyclic) bond motifs is 1. The Bertz CT molecular complexity index is 539. The summed E-state index contributed by atoms with van der Waals surface area (Å²) in [5.41, 5.74) is 2.18. The monoisotopic (exact) mass is 245 g/mol. The van der Waals surface area contributed by atoms with Crippen molar-refractivity contribution in [3.8, 4) is 0 Å². The molecule has 2 aromatic rings. The van der Waals surface area contributed by atoms with E-state index in [0.29, 0.717) is 5.92 Å². The van der Waals surface area contributed by atoms with Crippen molar-refractivity contribution in [3.63, 3.8) is 0 Å². The van der Waals surface area contributed by atoms with Crippen LogP contribution in [0.5, 0.6) is 0 Å². The van der Waals surface area contributed by atoms with Crippen LogP contribution in [0.15, 0.2) is 18.3 Å². The van der Waals surface area contributed by atoms with E-state index in [-0.39, 0.29) is 0 Å². The fourth-order valence-electron chi connectivity index (χ4n) is 2.25. The Morgan fingerprint density at radius 1 is 1.28 bits per heavy atom. The summed E-state index contributed by atoms with van der Waals surface area (Å²) in [4.78, 5) is 6.97. The molecule has 1 aliphatic heterocycles. The predicted octanol–water partition coefficient (Wildman–Crippen LogP) is 1.26. The van der Waals surface area contributed by atoms with Crippen molar-refractivity contribution in [3.05, 3.63) is 24.2 Å². The van der Waals surface area contributed by atoms with Gasteiger partial charge in [0.1, 0.15) is 0 Å². The van der Waals surface area contributed by atoms with Crippen molar-refractivity contribution in [1.82, 2.24) is 19.9 Å². The van der Waals surface area contributed by atoms with E-state index in [9.17, 15) is 0 Å². The average Bonchev–Trinajstić information content (AvgIpc) is 2.82. The molecule has 0 bridgehead atoms. The second kappa shape index (κ2) is 4.57. The number of piperazine rings is 1. The molecule has 0 aromatic carbocycles. The van der Waals surface area contributed by atoms with Gasteiger partial charge < -0.3 is 10.2 Å². The van der Waals surface area contributed by atoms with Crippen molar-refractivity contribution in [2.75, 3.05) is 31.1 Å². The van der Waals surface area contributed by atoms with Crippen LogP contribution < -0.4 is 10.2 Å². The third-order valence-corrected chi connectivity index (χ3v) is 3.34. The Labute approximate surface area is 107 Å². The standard InChI is InChI=1S/C13H19N5/c1-10(2)13-15-12-9-11(3-6-18(12)16-13)17-7-4-14-5-8-17/h3,6,9-10,14H,4-5,7-8H2,1-2H3. The molecule has 18 heavy (non-hydrogen) atoms. The van der Waals surface area contributed by atoms with Crippen molar-refractivity contribution in [2.45, 2.75) is 19.8 Å². The van der Waals surface area contributed by atoms with Crippen LogP contribution in [0.25, 0.3) is 5.65 Å². The SMILES string of the molecule is CC(C)c1nc2cc(N3CCNCC3)ccn2n1. The number of anilines is 1. The second-order valence-corrected chi connectivity index (χ2v) is 5.05. The summed E-state index contributed by atoms with van der Waals surface area (Å²) >= 11 is 0. The van der Waals surface area contributed by atoms with E-state index >= 15 is 0 Å². The molecule has 2 aromatic heterocycles. The molecule has 1 saturated heterocycles. The van der Waals surface area contributed by atoms with E-state index < -0.39 is 0 Å². The maximum absolute atomic E-state index is 4.58. The maximum atomic E-state index is 4.58. The Morgan fingerprint density at radius 2 is 2.06 bits per heavy atom. The highest BCUT2D eigenvalue weighted by atomic mass is 15.3. The fourth-order valence-corrected chi connectivity index (χ4v) is 2.25. The number of aromatic nitrogens is 3. The van der Waals surface area contributed by atoms with Crippen molar-refractivity contribution >= 4 is 11.3 Å². The molecule has 0 radical (unpaired) electrons. The zero-order valence-corrected chi connectivity index (χ0v) is 10.9. The molecule has 0 saturated carbocycles. The van der Waals surface area contributed by atoms with Crippen molar-refractivity contribution < 1.29 is 0 Å². The zero-order valence-electron chi connectivity index (χ0n) is 10.9. The molecule has 1 fully saturated rings. The van der Waals surface area contributed by atoms with Gasteiger partial charge in [-0.2, -0.15) is 5.10 Å². The lowest BCUT2D eigenvalue weighted by molar-refractivity contribution is 0.589. The first kappa shape index (κ1) is 11.5. The molecule has 3 rings (SSSR count). The van der Waals surface area contributed by atoms with Gasteiger partial charge in [0.25, 0.3) is 0 Å². The Morgan fingerprint density at radius 3 is 2.78 bits per heavy atom. The van der Waals surface area contributed by atoms with E-state index in [1.807, 2.05) is 10.7 Å². The van der Waals surface area contributed by atoms with Gasteiger partial charge in [-0.15, -0.1) is 0 Å². The van der Waals surface area contributed by atoms with Crippen LogP contribution in [0.3, 0.4) is 0 Å². The van der Waals surface area contributed by atoms with E-state index in [0.717, 1.165) is 37.7 Å². The lowest BCUT2D eigenvalue weighted by Gasteiger charge is -2.29. The van der Waals surface area contributed by atoms with Crippen LogP contribution in [0.2, 0.25) is 0 Å². The quantitative estimate of drug-likeness (QED) is 0.865. The molecule has 1 N–H and O–H groups in total. The van der Waals surface area contributed by atoms with E-state index in [2.05, 4.69) is 46.3 Å². The first-order chi connectivity index (χ1) is 8.74. The molecule has 0 amide bonds. The Hall–Kier alpha value is -1.62. The van der Waals surface area contributed by atoms with Crippen LogP contribution in [-0.2, 0) is 0 Å². The van der Waals surface area contributed by atoms with Gasteiger partial charge in [-0.05, 0) is 6.07 Å². The molecule has 96 valence electrons. The molecule has 1 aliphatic rings. The molecular weight excluding hydrogens is 226 g/mol. The summed E-state index contributed by atoms with van der Waals surface area (Å²) in [5.74, 6) is 1.28. The minimum absolute atomic E-state index is 0.368. The predicted molar refractivity (Wildman–Crippen MR) is 72.2 cm³/mol. The second-order valence-electron chi connectivity index (χ2n) is 5.05. The molecule has 0 aliphatic carbocycles.